The summed E-state index contributed by atoms with van der Waals surface area (Å²) in [6.07, 6.45) is -0.657. The Kier molecular flexibility index (Phi) is 3.30. The highest BCUT2D eigenvalue weighted by Gasteiger charge is 2.53. The minimum Gasteiger partial charge on any atom is -0.387 e. The van der Waals surface area contributed by atoms with Crippen molar-refractivity contribution in [2.75, 3.05) is 0 Å². The third kappa shape index (κ3) is 1.85. The summed E-state index contributed by atoms with van der Waals surface area (Å²) in [5, 5.41) is 11.9. The molecule has 2 aliphatic rings. The van der Waals surface area contributed by atoms with E-state index in [0.29, 0.717) is 0 Å². The Labute approximate surface area is 172 Å². The molecule has 1 nitrogen and oxygen atoms in total. The Morgan fingerprint density at radius 1 is 0.607 bits per heavy atom. The Bertz CT molecular complexity index is 1260. The average Bonchev–Trinajstić information content (AvgIpc) is 3.03. The number of aliphatic hydroxyl groups excluding tert-OH is 1. The molecule has 28 heavy (non-hydrogen) atoms. The summed E-state index contributed by atoms with van der Waals surface area (Å²) in [5.74, 6) is 0. The van der Waals surface area contributed by atoms with Crippen LogP contribution in [0, 0.1) is 0 Å². The van der Waals surface area contributed by atoms with Gasteiger partial charge in [-0.15, -0.1) is 0 Å². The number of rotatable bonds is 0. The maximum atomic E-state index is 11.9. The van der Waals surface area contributed by atoms with Crippen LogP contribution in [0.2, 0.25) is 0 Å². The molecule has 0 heterocycles. The molecule has 4 aromatic rings. The van der Waals surface area contributed by atoms with Gasteiger partial charge in [0.25, 0.3) is 0 Å². The molecule has 0 amide bonds. The molecule has 2 unspecified atom stereocenters. The number of fused-ring (bicyclic) bond motifs is 9. The Hall–Kier alpha value is -2.68. The van der Waals surface area contributed by atoms with E-state index in [1.54, 1.807) is 0 Å². The highest BCUT2D eigenvalue weighted by molar-refractivity contribution is 9.10. The SMILES string of the molecule is OC1c2ccccc2-c2ccccc2C12c1ccccc1-c1ccc(Br)cc12. The zero-order valence-electron chi connectivity index (χ0n) is 15.1. The van der Waals surface area contributed by atoms with E-state index >= 15 is 0 Å². The second kappa shape index (κ2) is 5.66. The first kappa shape index (κ1) is 16.3. The first-order chi connectivity index (χ1) is 13.7. The van der Waals surface area contributed by atoms with Crippen LogP contribution in [-0.4, -0.2) is 5.11 Å². The van der Waals surface area contributed by atoms with Crippen LogP contribution in [0.1, 0.15) is 28.4 Å². The van der Waals surface area contributed by atoms with Gasteiger partial charge >= 0.3 is 0 Å². The van der Waals surface area contributed by atoms with Crippen molar-refractivity contribution in [3.8, 4) is 22.3 Å². The predicted octanol–water partition coefficient (Wildman–Crippen LogP) is 6.48. The smallest absolute Gasteiger partial charge is 0.0974 e. The summed E-state index contributed by atoms with van der Waals surface area (Å²) in [6.45, 7) is 0. The fraction of sp³-hybridized carbons (Fsp3) is 0.0769. The van der Waals surface area contributed by atoms with Gasteiger partial charge in [-0.3, -0.25) is 0 Å². The predicted molar refractivity (Wildman–Crippen MR) is 116 cm³/mol. The molecule has 2 heteroatoms. The molecule has 2 atom stereocenters. The minimum atomic E-state index is -0.657. The van der Waals surface area contributed by atoms with Gasteiger partial charge in [0, 0.05) is 4.47 Å². The van der Waals surface area contributed by atoms with Crippen LogP contribution in [0.15, 0.2) is 95.5 Å². The van der Waals surface area contributed by atoms with E-state index < -0.39 is 11.5 Å². The second-order valence-electron chi connectivity index (χ2n) is 7.58. The summed E-state index contributed by atoms with van der Waals surface area (Å²) in [6, 6.07) is 31.7. The molecule has 6 rings (SSSR count). The Morgan fingerprint density at radius 2 is 1.14 bits per heavy atom. The molecule has 0 saturated heterocycles. The highest BCUT2D eigenvalue weighted by atomic mass is 79.9. The van der Waals surface area contributed by atoms with Gasteiger partial charge in [-0.2, -0.15) is 0 Å². The van der Waals surface area contributed by atoms with E-state index in [0.717, 1.165) is 21.2 Å². The number of halogens is 1. The third-order valence-corrected chi connectivity index (χ3v) is 6.85. The van der Waals surface area contributed by atoms with Crippen molar-refractivity contribution < 1.29 is 5.11 Å². The molecule has 0 aromatic heterocycles. The highest BCUT2D eigenvalue weighted by Crippen LogP contribution is 2.62. The van der Waals surface area contributed by atoms with E-state index in [-0.39, 0.29) is 0 Å². The molecule has 0 aliphatic heterocycles. The Balaban J connectivity index is 1.83. The van der Waals surface area contributed by atoms with Gasteiger partial charge in [-0.1, -0.05) is 94.8 Å². The van der Waals surface area contributed by atoms with Crippen LogP contribution < -0.4 is 0 Å². The van der Waals surface area contributed by atoms with E-state index in [9.17, 15) is 5.11 Å². The molecule has 0 fully saturated rings. The third-order valence-electron chi connectivity index (χ3n) is 6.36. The van der Waals surface area contributed by atoms with Crippen molar-refractivity contribution >= 4 is 15.9 Å². The molecular weight excluding hydrogens is 408 g/mol. The fourth-order valence-corrected chi connectivity index (χ4v) is 5.65. The summed E-state index contributed by atoms with van der Waals surface area (Å²) >= 11 is 3.67. The lowest BCUT2D eigenvalue weighted by atomic mass is 9.61. The van der Waals surface area contributed by atoms with Gasteiger partial charge in [-0.25, -0.2) is 0 Å². The van der Waals surface area contributed by atoms with Crippen LogP contribution in [0.25, 0.3) is 22.3 Å². The molecule has 0 radical (unpaired) electrons. The molecule has 0 saturated carbocycles. The molecule has 1 spiro atoms. The zero-order chi connectivity index (χ0) is 18.9. The summed E-state index contributed by atoms with van der Waals surface area (Å²) < 4.78 is 1.03. The summed E-state index contributed by atoms with van der Waals surface area (Å²) in [7, 11) is 0. The van der Waals surface area contributed by atoms with Gasteiger partial charge in [0.1, 0.15) is 0 Å². The van der Waals surface area contributed by atoms with Crippen LogP contribution in [0.5, 0.6) is 0 Å². The van der Waals surface area contributed by atoms with Crippen molar-refractivity contribution in [3.63, 3.8) is 0 Å². The number of hydrogen-bond donors (Lipinski definition) is 1. The maximum Gasteiger partial charge on any atom is 0.0974 e. The zero-order valence-corrected chi connectivity index (χ0v) is 16.6. The van der Waals surface area contributed by atoms with Crippen molar-refractivity contribution in [2.45, 2.75) is 11.5 Å². The number of aliphatic hydroxyl groups is 1. The van der Waals surface area contributed by atoms with Gasteiger partial charge in [0.05, 0.1) is 11.5 Å². The first-order valence-corrected chi connectivity index (χ1v) is 10.3. The molecule has 4 aromatic carbocycles. The molecule has 1 N–H and O–H groups in total. The average molecular weight is 425 g/mol. The second-order valence-corrected chi connectivity index (χ2v) is 8.49. The number of hydrogen-bond acceptors (Lipinski definition) is 1. The standard InChI is InChI=1S/C26H17BrO/c27-16-13-14-20-19-9-4-6-12-23(19)26(24(20)15-16)22-11-5-3-8-18(22)17-7-1-2-10-21(17)25(26)28/h1-15,25,28H. The lowest BCUT2D eigenvalue weighted by Crippen LogP contribution is -2.37. The molecule has 134 valence electrons. The maximum absolute atomic E-state index is 11.9. The van der Waals surface area contributed by atoms with Crippen molar-refractivity contribution in [1.82, 2.24) is 0 Å². The van der Waals surface area contributed by atoms with E-state index in [2.05, 4.69) is 94.8 Å². The largest absolute Gasteiger partial charge is 0.387 e. The van der Waals surface area contributed by atoms with Crippen LogP contribution in [-0.2, 0) is 5.41 Å². The first-order valence-electron chi connectivity index (χ1n) is 9.49. The fourth-order valence-electron chi connectivity index (χ4n) is 5.29. The quantitative estimate of drug-likeness (QED) is 0.342. The molecule has 2 aliphatic carbocycles. The van der Waals surface area contributed by atoms with Gasteiger partial charge in [0.15, 0.2) is 0 Å². The van der Waals surface area contributed by atoms with Crippen molar-refractivity contribution in [2.24, 2.45) is 0 Å². The van der Waals surface area contributed by atoms with Crippen molar-refractivity contribution in [1.29, 1.82) is 0 Å². The lowest BCUT2D eigenvalue weighted by Gasteiger charge is -2.43. The summed E-state index contributed by atoms with van der Waals surface area (Å²) in [5.41, 5.74) is 8.62. The Morgan fingerprint density at radius 3 is 1.86 bits per heavy atom. The van der Waals surface area contributed by atoms with Crippen LogP contribution >= 0.6 is 15.9 Å². The number of benzene rings is 4. The van der Waals surface area contributed by atoms with Gasteiger partial charge in [-0.05, 0) is 56.6 Å². The topological polar surface area (TPSA) is 20.2 Å². The van der Waals surface area contributed by atoms with E-state index in [1.807, 2.05) is 12.1 Å². The van der Waals surface area contributed by atoms with Gasteiger partial charge < -0.3 is 5.11 Å². The van der Waals surface area contributed by atoms with E-state index in [1.165, 1.54) is 27.8 Å². The lowest BCUT2D eigenvalue weighted by molar-refractivity contribution is 0.123. The van der Waals surface area contributed by atoms with E-state index in [4.69, 9.17) is 0 Å². The van der Waals surface area contributed by atoms with Crippen LogP contribution in [0.4, 0.5) is 0 Å². The van der Waals surface area contributed by atoms with Crippen LogP contribution in [0.3, 0.4) is 0 Å². The summed E-state index contributed by atoms with van der Waals surface area (Å²) in [4.78, 5) is 0. The normalized spacial score (nSPS) is 21.0. The van der Waals surface area contributed by atoms with Crippen molar-refractivity contribution in [3.05, 3.63) is 118 Å². The molecular formula is C26H17BrO. The monoisotopic (exact) mass is 424 g/mol. The molecule has 0 bridgehead atoms. The minimum absolute atomic E-state index is 0.610. The van der Waals surface area contributed by atoms with Gasteiger partial charge in [0.2, 0.25) is 0 Å².